The number of fused-ring (bicyclic) bond motifs is 3. The SMILES string of the molecule is CCN(CC)CCSc1ncnc2sc3c(c12)CCC(C(C)(C)C)C3. The molecule has 0 aromatic carbocycles. The van der Waals surface area contributed by atoms with Crippen LogP contribution in [0.2, 0.25) is 0 Å². The molecule has 1 atom stereocenters. The van der Waals surface area contributed by atoms with Crippen molar-refractivity contribution < 1.29 is 0 Å². The van der Waals surface area contributed by atoms with Gasteiger partial charge >= 0.3 is 0 Å². The second-order valence-electron chi connectivity index (χ2n) is 8.04. The lowest BCUT2D eigenvalue weighted by atomic mass is 9.72. The molecule has 0 aliphatic heterocycles. The molecule has 1 aliphatic carbocycles. The van der Waals surface area contributed by atoms with Crippen LogP contribution in [0.25, 0.3) is 10.2 Å². The topological polar surface area (TPSA) is 29.0 Å². The van der Waals surface area contributed by atoms with Gasteiger partial charge in [-0.2, -0.15) is 0 Å². The summed E-state index contributed by atoms with van der Waals surface area (Å²) in [5, 5.41) is 2.56. The number of aromatic nitrogens is 2. The Kier molecular flexibility index (Phi) is 6.07. The van der Waals surface area contributed by atoms with Crippen molar-refractivity contribution in [2.45, 2.75) is 58.9 Å². The molecular weight excluding hydrogens is 346 g/mol. The molecule has 3 nitrogen and oxygen atoms in total. The zero-order valence-corrected chi connectivity index (χ0v) is 17.9. The van der Waals surface area contributed by atoms with E-state index >= 15 is 0 Å². The predicted octanol–water partition coefficient (Wildman–Crippen LogP) is 5.28. The molecule has 2 heterocycles. The standard InChI is InChI=1S/C20H31N3S2/c1-6-23(7-2)10-11-24-18-17-15-9-8-14(20(3,4)5)12-16(15)25-19(17)22-13-21-18/h13-14H,6-12H2,1-5H3. The van der Waals surface area contributed by atoms with Gasteiger partial charge in [-0.3, -0.25) is 0 Å². The first kappa shape index (κ1) is 19.1. The largest absolute Gasteiger partial charge is 0.303 e. The number of hydrogen-bond acceptors (Lipinski definition) is 5. The molecule has 1 aliphatic rings. The van der Waals surface area contributed by atoms with Crippen LogP contribution in [0.4, 0.5) is 0 Å². The molecule has 0 spiro atoms. The molecule has 0 saturated heterocycles. The molecule has 2 aromatic heterocycles. The van der Waals surface area contributed by atoms with Crippen LogP contribution in [0.1, 0.15) is 51.5 Å². The fraction of sp³-hybridized carbons (Fsp3) is 0.700. The number of thioether (sulfide) groups is 1. The summed E-state index contributed by atoms with van der Waals surface area (Å²) in [4.78, 5) is 14.5. The minimum Gasteiger partial charge on any atom is -0.303 e. The zero-order chi connectivity index (χ0) is 18.0. The maximum atomic E-state index is 4.64. The molecule has 0 N–H and O–H groups in total. The number of hydrogen-bond donors (Lipinski definition) is 0. The number of nitrogens with zero attached hydrogens (tertiary/aromatic N) is 3. The lowest BCUT2D eigenvalue weighted by Crippen LogP contribution is -2.26. The summed E-state index contributed by atoms with van der Waals surface area (Å²) >= 11 is 3.81. The average molecular weight is 378 g/mol. The Balaban J connectivity index is 1.81. The summed E-state index contributed by atoms with van der Waals surface area (Å²) in [5.74, 6) is 1.88. The van der Waals surface area contributed by atoms with Crippen LogP contribution >= 0.6 is 23.1 Å². The van der Waals surface area contributed by atoms with Gasteiger partial charge in [0.05, 0.1) is 0 Å². The number of aryl methyl sites for hydroxylation is 1. The van der Waals surface area contributed by atoms with Crippen LogP contribution in [-0.2, 0) is 12.8 Å². The molecule has 1 unspecified atom stereocenters. The van der Waals surface area contributed by atoms with E-state index in [1.807, 2.05) is 23.1 Å². The third-order valence-electron chi connectivity index (χ3n) is 5.58. The second kappa shape index (κ2) is 7.93. The third kappa shape index (κ3) is 4.20. The van der Waals surface area contributed by atoms with Gasteiger partial charge in [-0.1, -0.05) is 34.6 Å². The monoisotopic (exact) mass is 377 g/mol. The van der Waals surface area contributed by atoms with E-state index in [1.54, 1.807) is 16.8 Å². The Morgan fingerprint density at radius 2 is 2.00 bits per heavy atom. The van der Waals surface area contributed by atoms with Crippen LogP contribution < -0.4 is 0 Å². The summed E-state index contributed by atoms with van der Waals surface area (Å²) < 4.78 is 0. The van der Waals surface area contributed by atoms with E-state index in [9.17, 15) is 0 Å². The third-order valence-corrected chi connectivity index (χ3v) is 7.71. The lowest BCUT2D eigenvalue weighted by molar-refractivity contribution is 0.218. The van der Waals surface area contributed by atoms with Gasteiger partial charge < -0.3 is 4.90 Å². The van der Waals surface area contributed by atoms with Crippen molar-refractivity contribution in [3.8, 4) is 0 Å². The quantitative estimate of drug-likeness (QED) is 0.506. The molecule has 0 radical (unpaired) electrons. The highest BCUT2D eigenvalue weighted by molar-refractivity contribution is 7.99. The van der Waals surface area contributed by atoms with E-state index in [4.69, 9.17) is 0 Å². The van der Waals surface area contributed by atoms with Gasteiger partial charge in [0.2, 0.25) is 0 Å². The average Bonchev–Trinajstić information content (AvgIpc) is 2.96. The number of thiophene rings is 1. The smallest absolute Gasteiger partial charge is 0.128 e. The first-order valence-electron chi connectivity index (χ1n) is 9.54. The Labute approximate surface area is 160 Å². The van der Waals surface area contributed by atoms with Gasteiger partial charge in [0.1, 0.15) is 16.2 Å². The molecule has 138 valence electrons. The molecule has 5 heteroatoms. The van der Waals surface area contributed by atoms with Gasteiger partial charge in [-0.25, -0.2) is 9.97 Å². The number of rotatable bonds is 6. The van der Waals surface area contributed by atoms with Crippen LogP contribution in [-0.4, -0.2) is 40.3 Å². The van der Waals surface area contributed by atoms with E-state index in [-0.39, 0.29) is 0 Å². The van der Waals surface area contributed by atoms with Gasteiger partial charge in [0.25, 0.3) is 0 Å². The summed E-state index contributed by atoms with van der Waals surface area (Å²) in [5.41, 5.74) is 1.94. The van der Waals surface area contributed by atoms with E-state index in [0.29, 0.717) is 5.41 Å². The highest BCUT2D eigenvalue weighted by Gasteiger charge is 2.31. The van der Waals surface area contributed by atoms with Gasteiger partial charge in [-0.05, 0) is 49.2 Å². The Bertz CT molecular complexity index is 714. The van der Waals surface area contributed by atoms with Crippen LogP contribution in [0.3, 0.4) is 0 Å². The van der Waals surface area contributed by atoms with E-state index in [1.165, 1.54) is 34.5 Å². The molecule has 2 aromatic rings. The maximum Gasteiger partial charge on any atom is 0.128 e. The van der Waals surface area contributed by atoms with E-state index in [0.717, 1.165) is 31.3 Å². The first-order chi connectivity index (χ1) is 11.9. The minimum atomic E-state index is 0.390. The normalized spacial score (nSPS) is 18.1. The molecule has 0 fully saturated rings. The zero-order valence-electron chi connectivity index (χ0n) is 16.3. The van der Waals surface area contributed by atoms with E-state index in [2.05, 4.69) is 49.5 Å². The van der Waals surface area contributed by atoms with Crippen LogP contribution in [0, 0.1) is 11.3 Å². The summed E-state index contributed by atoms with van der Waals surface area (Å²) in [6.45, 7) is 15.0. The van der Waals surface area contributed by atoms with Crippen LogP contribution in [0.15, 0.2) is 11.4 Å². The molecule has 0 saturated carbocycles. The highest BCUT2D eigenvalue weighted by atomic mass is 32.2. The molecular formula is C20H31N3S2. The summed E-state index contributed by atoms with van der Waals surface area (Å²) in [6, 6.07) is 0. The first-order valence-corrected chi connectivity index (χ1v) is 11.3. The van der Waals surface area contributed by atoms with Crippen molar-refractivity contribution in [3.63, 3.8) is 0 Å². The Morgan fingerprint density at radius 3 is 2.68 bits per heavy atom. The molecule has 25 heavy (non-hydrogen) atoms. The second-order valence-corrected chi connectivity index (χ2v) is 10.2. The van der Waals surface area contributed by atoms with Gasteiger partial charge in [-0.15, -0.1) is 23.1 Å². The Hall–Kier alpha value is -0.650. The summed E-state index contributed by atoms with van der Waals surface area (Å²) in [6.07, 6.45) is 5.45. The maximum absolute atomic E-state index is 4.64. The molecule has 0 amide bonds. The Morgan fingerprint density at radius 1 is 1.24 bits per heavy atom. The molecule has 0 bridgehead atoms. The van der Waals surface area contributed by atoms with Crippen molar-refractivity contribution in [2.75, 3.05) is 25.4 Å². The fourth-order valence-electron chi connectivity index (χ4n) is 3.74. The van der Waals surface area contributed by atoms with Crippen molar-refractivity contribution in [2.24, 2.45) is 11.3 Å². The van der Waals surface area contributed by atoms with Gasteiger partial charge in [0, 0.05) is 22.6 Å². The van der Waals surface area contributed by atoms with Crippen LogP contribution in [0.5, 0.6) is 0 Å². The summed E-state index contributed by atoms with van der Waals surface area (Å²) in [7, 11) is 0. The minimum absolute atomic E-state index is 0.390. The van der Waals surface area contributed by atoms with E-state index < -0.39 is 0 Å². The van der Waals surface area contributed by atoms with Gasteiger partial charge in [0.15, 0.2) is 0 Å². The van der Waals surface area contributed by atoms with Crippen molar-refractivity contribution in [3.05, 3.63) is 16.8 Å². The van der Waals surface area contributed by atoms with Crippen molar-refractivity contribution >= 4 is 33.3 Å². The predicted molar refractivity (Wildman–Crippen MR) is 111 cm³/mol. The lowest BCUT2D eigenvalue weighted by Gasteiger charge is -2.33. The molecule has 3 rings (SSSR count). The fourth-order valence-corrected chi connectivity index (χ4v) is 6.10. The van der Waals surface area contributed by atoms with Crippen molar-refractivity contribution in [1.82, 2.24) is 14.9 Å². The highest BCUT2D eigenvalue weighted by Crippen LogP contribution is 2.44. The van der Waals surface area contributed by atoms with Crippen molar-refractivity contribution in [1.29, 1.82) is 0 Å².